The molecule has 0 fully saturated rings. The fraction of sp³-hybridized carbons (Fsp3) is 0.273. The number of ether oxygens (including phenoxy) is 1. The number of rotatable bonds is 5. The maximum atomic E-state index is 12.8. The fourth-order valence-electron chi connectivity index (χ4n) is 3.68. The topological polar surface area (TPSA) is 150 Å². The second kappa shape index (κ2) is 9.12. The molecule has 1 aliphatic rings. The zero-order chi connectivity index (χ0) is 23.6. The molecule has 0 atom stereocenters. The van der Waals surface area contributed by atoms with Gasteiger partial charge in [0.25, 0.3) is 11.5 Å². The molecule has 2 aromatic carbocycles. The largest absolute Gasteiger partial charge is 0.452 e. The molecule has 10 nitrogen and oxygen atoms in total. The smallest absolute Gasteiger partial charge is 0.338 e. The minimum atomic E-state index is -3.83. The lowest BCUT2D eigenvalue weighted by molar-refractivity contribution is -0.119. The summed E-state index contributed by atoms with van der Waals surface area (Å²) >= 11 is 0. The lowest BCUT2D eigenvalue weighted by Crippen LogP contribution is -2.25. The van der Waals surface area contributed by atoms with Crippen LogP contribution in [0.15, 0.2) is 52.2 Å². The van der Waals surface area contributed by atoms with Gasteiger partial charge in [-0.3, -0.25) is 14.2 Å². The number of aromatic nitrogens is 2. The SMILES string of the molecule is NS(=O)(=O)c1ccc(NC(=O)COC(=O)c2ccc3c(=O)n4c(nc3c2)CCCCC4)cc1. The Morgan fingerprint density at radius 3 is 2.58 bits per heavy atom. The number of amides is 1. The number of hydrogen-bond donors (Lipinski definition) is 2. The highest BCUT2D eigenvalue weighted by Crippen LogP contribution is 2.17. The number of benzene rings is 2. The molecule has 0 saturated heterocycles. The Morgan fingerprint density at radius 2 is 1.85 bits per heavy atom. The van der Waals surface area contributed by atoms with Crippen molar-refractivity contribution in [2.75, 3.05) is 11.9 Å². The lowest BCUT2D eigenvalue weighted by Gasteiger charge is -2.11. The van der Waals surface area contributed by atoms with Crippen LogP contribution < -0.4 is 16.0 Å². The highest BCUT2D eigenvalue weighted by Gasteiger charge is 2.17. The predicted molar refractivity (Wildman–Crippen MR) is 120 cm³/mol. The maximum absolute atomic E-state index is 12.8. The first kappa shape index (κ1) is 22.6. The number of anilines is 1. The van der Waals surface area contributed by atoms with E-state index in [0.717, 1.165) is 19.3 Å². The van der Waals surface area contributed by atoms with Crippen molar-refractivity contribution in [1.82, 2.24) is 9.55 Å². The van der Waals surface area contributed by atoms with Crippen LogP contribution in [0.1, 0.15) is 35.4 Å². The van der Waals surface area contributed by atoms with Crippen molar-refractivity contribution in [3.63, 3.8) is 0 Å². The number of carbonyl (C=O) groups is 2. The predicted octanol–water partition coefficient (Wildman–Crippen LogP) is 1.57. The molecule has 0 bridgehead atoms. The van der Waals surface area contributed by atoms with Crippen molar-refractivity contribution in [1.29, 1.82) is 0 Å². The molecule has 0 saturated carbocycles. The Morgan fingerprint density at radius 1 is 1.09 bits per heavy atom. The van der Waals surface area contributed by atoms with E-state index in [0.29, 0.717) is 35.4 Å². The van der Waals surface area contributed by atoms with Gasteiger partial charge in [0, 0.05) is 18.7 Å². The van der Waals surface area contributed by atoms with Gasteiger partial charge in [-0.15, -0.1) is 0 Å². The number of nitrogens with one attached hydrogen (secondary N) is 1. The molecule has 0 aliphatic carbocycles. The van der Waals surface area contributed by atoms with Crippen LogP contribution >= 0.6 is 0 Å². The van der Waals surface area contributed by atoms with Crippen LogP contribution in [0, 0.1) is 0 Å². The average Bonchev–Trinajstić information content (AvgIpc) is 3.03. The highest BCUT2D eigenvalue weighted by molar-refractivity contribution is 7.89. The lowest BCUT2D eigenvalue weighted by atomic mass is 10.1. The molecule has 2 heterocycles. The summed E-state index contributed by atoms with van der Waals surface area (Å²) in [7, 11) is -3.83. The molecular weight excluding hydrogens is 448 g/mol. The number of esters is 1. The summed E-state index contributed by atoms with van der Waals surface area (Å²) < 4.78 is 29.3. The van der Waals surface area contributed by atoms with Crippen molar-refractivity contribution in [3.8, 4) is 0 Å². The number of primary sulfonamides is 1. The van der Waals surface area contributed by atoms with Gasteiger partial charge in [-0.1, -0.05) is 6.42 Å². The molecule has 0 radical (unpaired) electrons. The van der Waals surface area contributed by atoms with Crippen LogP contribution in [0.3, 0.4) is 0 Å². The number of aryl methyl sites for hydroxylation is 1. The van der Waals surface area contributed by atoms with E-state index in [1.54, 1.807) is 10.6 Å². The summed E-state index contributed by atoms with van der Waals surface area (Å²) in [5, 5.41) is 7.96. The van der Waals surface area contributed by atoms with Gasteiger partial charge in [-0.25, -0.2) is 23.3 Å². The molecule has 1 aromatic heterocycles. The Hall–Kier alpha value is -3.57. The molecule has 172 valence electrons. The number of nitrogens with zero attached hydrogens (tertiary/aromatic N) is 2. The molecule has 0 spiro atoms. The summed E-state index contributed by atoms with van der Waals surface area (Å²) in [6.45, 7) is 0.0921. The highest BCUT2D eigenvalue weighted by atomic mass is 32.2. The number of nitrogens with two attached hydrogens (primary N) is 1. The first-order valence-corrected chi connectivity index (χ1v) is 11.9. The van der Waals surface area contributed by atoms with Gasteiger partial charge in [0.1, 0.15) is 5.82 Å². The summed E-state index contributed by atoms with van der Waals surface area (Å²) in [4.78, 5) is 41.8. The number of hydrogen-bond acceptors (Lipinski definition) is 7. The Balaban J connectivity index is 1.43. The van der Waals surface area contributed by atoms with Gasteiger partial charge >= 0.3 is 5.97 Å². The van der Waals surface area contributed by atoms with E-state index in [-0.39, 0.29) is 16.0 Å². The van der Waals surface area contributed by atoms with Gasteiger partial charge in [-0.05, 0) is 55.3 Å². The van der Waals surface area contributed by atoms with Crippen LogP contribution in [0.2, 0.25) is 0 Å². The van der Waals surface area contributed by atoms with Crippen LogP contribution in [0.5, 0.6) is 0 Å². The molecule has 33 heavy (non-hydrogen) atoms. The second-order valence-corrected chi connectivity index (χ2v) is 9.28. The Bertz CT molecular complexity index is 1400. The van der Waals surface area contributed by atoms with Gasteiger partial charge < -0.3 is 10.1 Å². The van der Waals surface area contributed by atoms with Crippen molar-refractivity contribution in [2.24, 2.45) is 5.14 Å². The average molecular weight is 471 g/mol. The Labute approximate surface area is 189 Å². The van der Waals surface area contributed by atoms with Crippen LogP contribution in [-0.2, 0) is 32.5 Å². The minimum absolute atomic E-state index is 0.0895. The first-order chi connectivity index (χ1) is 15.7. The number of fused-ring (bicyclic) bond motifs is 2. The molecule has 11 heteroatoms. The molecule has 0 unspecified atom stereocenters. The normalized spacial score (nSPS) is 13.7. The van der Waals surface area contributed by atoms with E-state index >= 15 is 0 Å². The molecule has 4 rings (SSSR count). The second-order valence-electron chi connectivity index (χ2n) is 7.72. The summed E-state index contributed by atoms with van der Waals surface area (Å²) in [6, 6.07) is 9.76. The molecule has 3 aromatic rings. The van der Waals surface area contributed by atoms with Gasteiger partial charge in [0.15, 0.2) is 6.61 Å². The molecular formula is C22H22N4O6S. The Kier molecular flexibility index (Phi) is 6.25. The maximum Gasteiger partial charge on any atom is 0.338 e. The third-order valence-corrected chi connectivity index (χ3v) is 6.28. The van der Waals surface area contributed by atoms with Crippen molar-refractivity contribution < 1.29 is 22.7 Å². The van der Waals surface area contributed by atoms with E-state index in [9.17, 15) is 22.8 Å². The van der Waals surface area contributed by atoms with Crippen LogP contribution in [0.25, 0.3) is 10.9 Å². The molecule has 3 N–H and O–H groups in total. The van der Waals surface area contributed by atoms with Gasteiger partial charge in [0.05, 0.1) is 21.4 Å². The third-order valence-electron chi connectivity index (χ3n) is 5.35. The van der Waals surface area contributed by atoms with Crippen molar-refractivity contribution >= 4 is 38.5 Å². The monoisotopic (exact) mass is 470 g/mol. The minimum Gasteiger partial charge on any atom is -0.452 e. The summed E-state index contributed by atoms with van der Waals surface area (Å²) in [5.74, 6) is -0.619. The summed E-state index contributed by atoms with van der Waals surface area (Å²) in [5.41, 5.74) is 0.796. The van der Waals surface area contributed by atoms with Crippen LogP contribution in [0.4, 0.5) is 5.69 Å². The van der Waals surface area contributed by atoms with Gasteiger partial charge in [0.2, 0.25) is 10.0 Å². The summed E-state index contributed by atoms with van der Waals surface area (Å²) in [6.07, 6.45) is 3.63. The standard InChI is InChI=1S/C22H22N4O6S/c23-33(30,31)16-8-6-15(7-9-16)24-20(27)13-32-22(29)14-5-10-17-18(12-14)25-19-4-2-1-3-11-26(19)21(17)28/h5-10,12H,1-4,11,13H2,(H,24,27)(H2,23,30,31). The van der Waals surface area contributed by atoms with Crippen molar-refractivity contribution in [2.45, 2.75) is 37.1 Å². The zero-order valence-corrected chi connectivity index (χ0v) is 18.4. The zero-order valence-electron chi connectivity index (χ0n) is 17.6. The molecule has 1 aliphatic heterocycles. The van der Waals surface area contributed by atoms with Gasteiger partial charge in [-0.2, -0.15) is 0 Å². The quantitative estimate of drug-likeness (QED) is 0.537. The number of carbonyl (C=O) groups excluding carboxylic acids is 2. The first-order valence-electron chi connectivity index (χ1n) is 10.4. The third kappa shape index (κ3) is 5.10. The molecule has 1 amide bonds. The van der Waals surface area contributed by atoms with E-state index in [1.807, 2.05) is 0 Å². The van der Waals surface area contributed by atoms with E-state index in [2.05, 4.69) is 10.3 Å². The fourth-order valence-corrected chi connectivity index (χ4v) is 4.20. The van der Waals surface area contributed by atoms with Crippen molar-refractivity contribution in [3.05, 3.63) is 64.2 Å². The van der Waals surface area contributed by atoms with Crippen LogP contribution in [-0.4, -0.2) is 36.5 Å². The van der Waals surface area contributed by atoms with E-state index in [1.165, 1.54) is 36.4 Å². The number of sulfonamides is 1. The van der Waals surface area contributed by atoms with E-state index < -0.39 is 28.5 Å². The van der Waals surface area contributed by atoms with E-state index in [4.69, 9.17) is 9.88 Å².